The van der Waals surface area contributed by atoms with Crippen molar-refractivity contribution in [1.82, 2.24) is 9.97 Å². The Balaban J connectivity index is 1.96. The monoisotopic (exact) mass is 341 g/mol. The van der Waals surface area contributed by atoms with Crippen molar-refractivity contribution in [1.29, 1.82) is 0 Å². The van der Waals surface area contributed by atoms with Gasteiger partial charge < -0.3 is 10.0 Å². The highest BCUT2D eigenvalue weighted by molar-refractivity contribution is 6.05. The fourth-order valence-corrected chi connectivity index (χ4v) is 2.32. The summed E-state index contributed by atoms with van der Waals surface area (Å²) in [6, 6.07) is 9.35. The highest BCUT2D eigenvalue weighted by Crippen LogP contribution is 2.25. The van der Waals surface area contributed by atoms with Crippen molar-refractivity contribution in [3.63, 3.8) is 0 Å². The Kier molecular flexibility index (Phi) is 4.38. The third kappa shape index (κ3) is 3.60. The minimum Gasteiger partial charge on any atom is -0.493 e. The lowest BCUT2D eigenvalue weighted by molar-refractivity contribution is 0.0987. The molecule has 0 unspecified atom stereocenters. The summed E-state index contributed by atoms with van der Waals surface area (Å²) in [5.41, 5.74) is 1.23. The van der Waals surface area contributed by atoms with Gasteiger partial charge >= 0.3 is 0 Å². The van der Waals surface area contributed by atoms with Crippen molar-refractivity contribution in [2.75, 3.05) is 11.9 Å². The molecule has 0 spiro atoms. The molecule has 0 fully saturated rings. The summed E-state index contributed by atoms with van der Waals surface area (Å²) in [5.74, 6) is -1.84. The number of amides is 1. The van der Waals surface area contributed by atoms with E-state index in [0.29, 0.717) is 16.8 Å². The lowest BCUT2D eigenvalue weighted by Crippen LogP contribution is -2.27. The average Bonchev–Trinajstić information content (AvgIpc) is 2.60. The van der Waals surface area contributed by atoms with Crippen LogP contribution in [0, 0.1) is 11.6 Å². The summed E-state index contributed by atoms with van der Waals surface area (Å²) in [4.78, 5) is 21.4. The second kappa shape index (κ2) is 6.64. The van der Waals surface area contributed by atoms with E-state index in [2.05, 4.69) is 9.97 Å². The topological polar surface area (TPSA) is 66.3 Å². The number of benzene rings is 1. The Morgan fingerprint density at radius 2 is 1.72 bits per heavy atom. The van der Waals surface area contributed by atoms with E-state index in [1.54, 1.807) is 0 Å². The number of hydrogen-bond donors (Lipinski definition) is 1. The molecule has 3 aromatic rings. The maximum atomic E-state index is 13.3. The molecule has 0 aliphatic carbocycles. The normalized spacial score (nSPS) is 10.5. The second-order valence-corrected chi connectivity index (χ2v) is 5.33. The highest BCUT2D eigenvalue weighted by Gasteiger charge is 2.17. The number of anilines is 1. The Morgan fingerprint density at radius 1 is 1.00 bits per heavy atom. The third-order valence-corrected chi connectivity index (χ3v) is 3.59. The summed E-state index contributed by atoms with van der Waals surface area (Å²) in [6.45, 7) is 0. The van der Waals surface area contributed by atoms with E-state index in [-0.39, 0.29) is 11.6 Å². The van der Waals surface area contributed by atoms with Crippen LogP contribution in [0.1, 0.15) is 10.5 Å². The first-order chi connectivity index (χ1) is 11.9. The van der Waals surface area contributed by atoms with Crippen molar-refractivity contribution in [3.05, 3.63) is 72.2 Å². The van der Waals surface area contributed by atoms with Gasteiger partial charge in [-0.25, -0.2) is 13.8 Å². The van der Waals surface area contributed by atoms with Gasteiger partial charge in [-0.15, -0.1) is 0 Å². The van der Waals surface area contributed by atoms with Crippen LogP contribution in [-0.2, 0) is 0 Å². The van der Waals surface area contributed by atoms with Crippen LogP contribution < -0.4 is 4.90 Å². The number of aromatic hydroxyl groups is 1. The van der Waals surface area contributed by atoms with Crippen molar-refractivity contribution in [3.8, 4) is 17.0 Å². The number of rotatable bonds is 3. The maximum absolute atomic E-state index is 13.3. The molecule has 0 aliphatic rings. The Labute approximate surface area is 142 Å². The Hall–Kier alpha value is -3.35. The molecule has 0 aliphatic heterocycles. The summed E-state index contributed by atoms with van der Waals surface area (Å²) in [7, 11) is 1.50. The number of nitrogens with zero attached hydrogens (tertiary/aromatic N) is 3. The summed E-state index contributed by atoms with van der Waals surface area (Å²) in [6.07, 6.45) is 2.47. The van der Waals surface area contributed by atoms with Crippen molar-refractivity contribution in [2.45, 2.75) is 0 Å². The molecule has 0 bridgehead atoms. The van der Waals surface area contributed by atoms with Crippen molar-refractivity contribution in [2.24, 2.45) is 0 Å². The van der Waals surface area contributed by atoms with Gasteiger partial charge in [-0.3, -0.25) is 9.78 Å². The van der Waals surface area contributed by atoms with E-state index < -0.39 is 17.5 Å². The maximum Gasteiger partial charge on any atom is 0.276 e. The van der Waals surface area contributed by atoms with E-state index in [0.717, 1.165) is 6.20 Å². The molecule has 1 N–H and O–H groups in total. The third-order valence-electron chi connectivity index (χ3n) is 3.59. The number of halogens is 2. The molecule has 1 aromatic carbocycles. The molecule has 5 nitrogen and oxygen atoms in total. The van der Waals surface area contributed by atoms with E-state index in [1.165, 1.54) is 60.6 Å². The SMILES string of the molecule is CN(C(=O)c1cc(-c2cncc(F)c2)cc(O)n1)c1ccc(F)cc1. The number of carbonyl (C=O) groups excluding carboxylic acids is 1. The van der Waals surface area contributed by atoms with Gasteiger partial charge in [0.2, 0.25) is 5.88 Å². The van der Waals surface area contributed by atoms with E-state index in [1.807, 2.05) is 0 Å². The van der Waals surface area contributed by atoms with Crippen LogP contribution in [0.3, 0.4) is 0 Å². The lowest BCUT2D eigenvalue weighted by atomic mass is 10.1. The van der Waals surface area contributed by atoms with Crippen LogP contribution in [0.15, 0.2) is 54.9 Å². The summed E-state index contributed by atoms with van der Waals surface area (Å²) in [5, 5.41) is 9.82. The predicted octanol–water partition coefficient (Wildman–Crippen LogP) is 3.40. The average molecular weight is 341 g/mol. The Morgan fingerprint density at radius 3 is 2.40 bits per heavy atom. The molecule has 0 saturated carbocycles. The van der Waals surface area contributed by atoms with E-state index in [9.17, 15) is 18.7 Å². The van der Waals surface area contributed by atoms with Gasteiger partial charge in [-0.05, 0) is 42.0 Å². The fourth-order valence-electron chi connectivity index (χ4n) is 2.32. The smallest absolute Gasteiger partial charge is 0.276 e. The van der Waals surface area contributed by atoms with Crippen LogP contribution in [0.4, 0.5) is 14.5 Å². The fraction of sp³-hybridized carbons (Fsp3) is 0.0556. The van der Waals surface area contributed by atoms with E-state index in [4.69, 9.17) is 0 Å². The minimum absolute atomic E-state index is 0.0360. The molecule has 7 heteroatoms. The van der Waals surface area contributed by atoms with Gasteiger partial charge in [0.25, 0.3) is 5.91 Å². The summed E-state index contributed by atoms with van der Waals surface area (Å²) < 4.78 is 26.4. The molecule has 2 aromatic heterocycles. The van der Waals surface area contributed by atoms with E-state index >= 15 is 0 Å². The van der Waals surface area contributed by atoms with Crippen LogP contribution >= 0.6 is 0 Å². The highest BCUT2D eigenvalue weighted by atomic mass is 19.1. The molecule has 0 radical (unpaired) electrons. The molecular weight excluding hydrogens is 328 g/mol. The Bertz CT molecular complexity index is 930. The van der Waals surface area contributed by atoms with Gasteiger partial charge in [-0.1, -0.05) is 0 Å². The summed E-state index contributed by atoms with van der Waals surface area (Å²) >= 11 is 0. The van der Waals surface area contributed by atoms with Crippen molar-refractivity contribution < 1.29 is 18.7 Å². The molecule has 126 valence electrons. The van der Waals surface area contributed by atoms with Gasteiger partial charge in [0.15, 0.2) is 0 Å². The van der Waals surface area contributed by atoms with Crippen molar-refractivity contribution >= 4 is 11.6 Å². The van der Waals surface area contributed by atoms with Gasteiger partial charge in [0.1, 0.15) is 17.3 Å². The standard InChI is InChI=1S/C18H13F2N3O2/c1-23(15-4-2-13(19)3-5-15)18(25)16-7-11(8-17(24)22-16)12-6-14(20)10-21-9-12/h2-10H,1H3,(H,22,24). The van der Waals surface area contributed by atoms with Gasteiger partial charge in [0.05, 0.1) is 6.20 Å². The zero-order chi connectivity index (χ0) is 18.0. The number of carbonyl (C=O) groups is 1. The zero-order valence-corrected chi connectivity index (χ0v) is 13.1. The molecule has 25 heavy (non-hydrogen) atoms. The molecule has 2 heterocycles. The lowest BCUT2D eigenvalue weighted by Gasteiger charge is -2.17. The minimum atomic E-state index is -0.537. The molecular formula is C18H13F2N3O2. The number of pyridine rings is 2. The quantitative estimate of drug-likeness (QED) is 0.793. The first-order valence-corrected chi connectivity index (χ1v) is 7.29. The largest absolute Gasteiger partial charge is 0.493 e. The van der Waals surface area contributed by atoms with Crippen LogP contribution in [-0.4, -0.2) is 28.0 Å². The molecule has 0 saturated heterocycles. The number of aromatic nitrogens is 2. The first-order valence-electron chi connectivity index (χ1n) is 7.29. The van der Waals surface area contributed by atoms with Crippen LogP contribution in [0.25, 0.3) is 11.1 Å². The number of hydrogen-bond acceptors (Lipinski definition) is 4. The van der Waals surface area contributed by atoms with Gasteiger partial charge in [0, 0.05) is 30.6 Å². The second-order valence-electron chi connectivity index (χ2n) is 5.33. The molecule has 0 atom stereocenters. The molecule has 1 amide bonds. The molecule has 3 rings (SSSR count). The predicted molar refractivity (Wildman–Crippen MR) is 88.2 cm³/mol. The first kappa shape index (κ1) is 16.5. The zero-order valence-electron chi connectivity index (χ0n) is 13.1. The van der Waals surface area contributed by atoms with Crippen LogP contribution in [0.2, 0.25) is 0 Å². The van der Waals surface area contributed by atoms with Gasteiger partial charge in [-0.2, -0.15) is 0 Å². The van der Waals surface area contributed by atoms with Crippen LogP contribution in [0.5, 0.6) is 5.88 Å².